The van der Waals surface area contributed by atoms with Crippen LogP contribution in [-0.4, -0.2) is 29.4 Å². The summed E-state index contributed by atoms with van der Waals surface area (Å²) in [7, 11) is 0. The number of amides is 2. The molecule has 1 aliphatic heterocycles. The van der Waals surface area contributed by atoms with Crippen molar-refractivity contribution in [1.82, 2.24) is 5.32 Å². The number of nitrogens with one attached hydrogen (secondary N) is 2. The molecule has 0 saturated carbocycles. The molecule has 0 aromatic heterocycles. The molecule has 1 aromatic carbocycles. The number of anilines is 1. The van der Waals surface area contributed by atoms with E-state index in [4.69, 9.17) is 23.2 Å². The van der Waals surface area contributed by atoms with Crippen molar-refractivity contribution in [3.8, 4) is 0 Å². The quantitative estimate of drug-likeness (QED) is 0.900. The normalized spacial score (nSPS) is 18.8. The summed E-state index contributed by atoms with van der Waals surface area (Å²) < 4.78 is 0. The van der Waals surface area contributed by atoms with Gasteiger partial charge in [-0.25, -0.2) is 0 Å². The molecule has 1 heterocycles. The summed E-state index contributed by atoms with van der Waals surface area (Å²) >= 11 is 13.1. The second-order valence-electron chi connectivity index (χ2n) is 4.03. The minimum atomic E-state index is -0.323. The maximum absolute atomic E-state index is 11.8. The van der Waals surface area contributed by atoms with Crippen LogP contribution in [0.2, 0.25) is 10.0 Å². The lowest BCUT2D eigenvalue weighted by Crippen LogP contribution is -2.40. The van der Waals surface area contributed by atoms with Gasteiger partial charge < -0.3 is 10.6 Å². The molecule has 2 amide bonds. The molecule has 0 radical (unpaired) electrons. The highest BCUT2D eigenvalue weighted by molar-refractivity contribution is 8.00. The van der Waals surface area contributed by atoms with Crippen LogP contribution in [0.4, 0.5) is 5.69 Å². The summed E-state index contributed by atoms with van der Waals surface area (Å²) in [6.45, 7) is 0.661. The van der Waals surface area contributed by atoms with Crippen LogP contribution in [0.5, 0.6) is 0 Å². The SMILES string of the molecule is O=C(C[C@H]1SCCNC1=O)Nc1ccc(Cl)c(Cl)c1. The number of thioether (sulfide) groups is 1. The summed E-state index contributed by atoms with van der Waals surface area (Å²) in [6.07, 6.45) is 0.150. The van der Waals surface area contributed by atoms with Crippen LogP contribution >= 0.6 is 35.0 Å². The Labute approximate surface area is 125 Å². The highest BCUT2D eigenvalue weighted by Gasteiger charge is 2.25. The molecule has 0 bridgehead atoms. The van der Waals surface area contributed by atoms with Crippen LogP contribution in [0.3, 0.4) is 0 Å². The molecule has 2 N–H and O–H groups in total. The van der Waals surface area contributed by atoms with Gasteiger partial charge in [-0.05, 0) is 18.2 Å². The maximum Gasteiger partial charge on any atom is 0.233 e. The molecule has 102 valence electrons. The Balaban J connectivity index is 1.93. The second kappa shape index (κ2) is 6.50. The van der Waals surface area contributed by atoms with Crippen LogP contribution in [0.15, 0.2) is 18.2 Å². The van der Waals surface area contributed by atoms with Gasteiger partial charge in [0.2, 0.25) is 11.8 Å². The molecule has 1 saturated heterocycles. The van der Waals surface area contributed by atoms with Crippen LogP contribution in [0.25, 0.3) is 0 Å². The second-order valence-corrected chi connectivity index (χ2v) is 6.16. The summed E-state index contributed by atoms with van der Waals surface area (Å²) in [5, 5.41) is 5.93. The first-order chi connectivity index (χ1) is 9.06. The van der Waals surface area contributed by atoms with Crippen molar-refractivity contribution in [1.29, 1.82) is 0 Å². The number of hydrogen-bond donors (Lipinski definition) is 2. The lowest BCUT2D eigenvalue weighted by atomic mass is 10.2. The highest BCUT2D eigenvalue weighted by Crippen LogP contribution is 2.25. The van der Waals surface area contributed by atoms with Gasteiger partial charge in [0.1, 0.15) is 0 Å². The lowest BCUT2D eigenvalue weighted by Gasteiger charge is -2.20. The fourth-order valence-corrected chi connectivity index (χ4v) is 2.98. The topological polar surface area (TPSA) is 58.2 Å². The molecule has 0 aliphatic carbocycles. The van der Waals surface area contributed by atoms with Crippen LogP contribution in [0, 0.1) is 0 Å². The Bertz CT molecular complexity index is 511. The van der Waals surface area contributed by atoms with E-state index in [0.29, 0.717) is 22.3 Å². The van der Waals surface area contributed by atoms with Crippen molar-refractivity contribution in [2.24, 2.45) is 0 Å². The van der Waals surface area contributed by atoms with Crippen LogP contribution in [-0.2, 0) is 9.59 Å². The minimum absolute atomic E-state index is 0.0828. The number of carbonyl (C=O) groups excluding carboxylic acids is 2. The van der Waals surface area contributed by atoms with E-state index in [9.17, 15) is 9.59 Å². The first kappa shape index (κ1) is 14.5. The minimum Gasteiger partial charge on any atom is -0.354 e. The van der Waals surface area contributed by atoms with E-state index in [1.807, 2.05) is 0 Å². The van der Waals surface area contributed by atoms with E-state index in [1.54, 1.807) is 18.2 Å². The zero-order valence-electron chi connectivity index (χ0n) is 9.91. The Morgan fingerprint density at radius 3 is 2.89 bits per heavy atom. The lowest BCUT2D eigenvalue weighted by molar-refractivity contribution is -0.123. The number of halogens is 2. The van der Waals surface area contributed by atoms with E-state index in [0.717, 1.165) is 5.75 Å². The van der Waals surface area contributed by atoms with Gasteiger partial charge in [-0.15, -0.1) is 11.8 Å². The Morgan fingerprint density at radius 1 is 1.42 bits per heavy atom. The first-order valence-corrected chi connectivity index (χ1v) is 7.51. The van der Waals surface area contributed by atoms with Crippen molar-refractivity contribution >= 4 is 52.5 Å². The average Bonchev–Trinajstić information content (AvgIpc) is 2.37. The molecular weight excluding hydrogens is 307 g/mol. The van der Waals surface area contributed by atoms with Crippen molar-refractivity contribution in [2.45, 2.75) is 11.7 Å². The third kappa shape index (κ3) is 4.03. The number of rotatable bonds is 3. The van der Waals surface area contributed by atoms with E-state index in [2.05, 4.69) is 10.6 Å². The van der Waals surface area contributed by atoms with Gasteiger partial charge in [-0.3, -0.25) is 9.59 Å². The zero-order chi connectivity index (χ0) is 13.8. The van der Waals surface area contributed by atoms with Gasteiger partial charge in [0, 0.05) is 24.4 Å². The van der Waals surface area contributed by atoms with Crippen molar-refractivity contribution in [3.63, 3.8) is 0 Å². The Morgan fingerprint density at radius 2 is 2.21 bits per heavy atom. The smallest absolute Gasteiger partial charge is 0.233 e. The molecule has 4 nitrogen and oxygen atoms in total. The predicted octanol–water partition coefficient (Wildman–Crippen LogP) is 2.55. The Hall–Kier alpha value is -0.910. The maximum atomic E-state index is 11.8. The van der Waals surface area contributed by atoms with Crippen molar-refractivity contribution < 1.29 is 9.59 Å². The number of carbonyl (C=O) groups is 2. The highest BCUT2D eigenvalue weighted by atomic mass is 35.5. The summed E-state index contributed by atoms with van der Waals surface area (Å²) in [5.74, 6) is 0.532. The number of hydrogen-bond acceptors (Lipinski definition) is 3. The van der Waals surface area contributed by atoms with E-state index >= 15 is 0 Å². The van der Waals surface area contributed by atoms with Gasteiger partial charge in [0.15, 0.2) is 0 Å². The third-order valence-corrected chi connectivity index (χ3v) is 4.55. The molecule has 1 aliphatic rings. The average molecular weight is 319 g/mol. The van der Waals surface area contributed by atoms with Crippen molar-refractivity contribution in [3.05, 3.63) is 28.2 Å². The van der Waals surface area contributed by atoms with Crippen LogP contribution < -0.4 is 10.6 Å². The molecule has 0 unspecified atom stereocenters. The number of benzene rings is 1. The molecule has 1 aromatic rings. The predicted molar refractivity (Wildman–Crippen MR) is 79.0 cm³/mol. The standard InChI is InChI=1S/C12H12Cl2N2O2S/c13-8-2-1-7(5-9(8)14)16-11(17)6-10-12(18)15-3-4-19-10/h1-2,5,10H,3-4,6H2,(H,15,18)(H,16,17)/t10-/m1/s1. The molecular formula is C12H12Cl2N2O2S. The van der Waals surface area contributed by atoms with Gasteiger partial charge in [0.25, 0.3) is 0 Å². The van der Waals surface area contributed by atoms with E-state index in [1.165, 1.54) is 11.8 Å². The summed E-state index contributed by atoms with van der Waals surface area (Å²) in [5.41, 5.74) is 0.570. The fourth-order valence-electron chi connectivity index (χ4n) is 1.67. The molecule has 19 heavy (non-hydrogen) atoms. The third-order valence-electron chi connectivity index (χ3n) is 2.59. The van der Waals surface area contributed by atoms with Gasteiger partial charge in [0.05, 0.1) is 15.3 Å². The molecule has 1 atom stereocenters. The largest absolute Gasteiger partial charge is 0.354 e. The van der Waals surface area contributed by atoms with Gasteiger partial charge >= 0.3 is 0 Å². The molecule has 1 fully saturated rings. The first-order valence-electron chi connectivity index (χ1n) is 5.70. The van der Waals surface area contributed by atoms with Crippen molar-refractivity contribution in [2.75, 3.05) is 17.6 Å². The van der Waals surface area contributed by atoms with Crippen LogP contribution in [0.1, 0.15) is 6.42 Å². The Kier molecular flexibility index (Phi) is 4.96. The van der Waals surface area contributed by atoms with E-state index in [-0.39, 0.29) is 23.5 Å². The molecule has 0 spiro atoms. The summed E-state index contributed by atoms with van der Waals surface area (Å²) in [6, 6.07) is 4.86. The van der Waals surface area contributed by atoms with Gasteiger partial charge in [-0.1, -0.05) is 23.2 Å². The monoisotopic (exact) mass is 318 g/mol. The fraction of sp³-hybridized carbons (Fsp3) is 0.333. The summed E-state index contributed by atoms with van der Waals surface area (Å²) in [4.78, 5) is 23.4. The molecule has 7 heteroatoms. The zero-order valence-corrected chi connectivity index (χ0v) is 12.2. The van der Waals surface area contributed by atoms with Gasteiger partial charge in [-0.2, -0.15) is 0 Å². The molecule has 2 rings (SSSR count). The van der Waals surface area contributed by atoms with E-state index < -0.39 is 0 Å².